The first-order valence-electron chi connectivity index (χ1n) is 5.85. The first-order valence-corrected chi connectivity index (χ1v) is 7.29. The van der Waals surface area contributed by atoms with E-state index < -0.39 is 10.0 Å². The smallest absolute Gasteiger partial charge is 0.242 e. The molecular formula is C12H16N2O3S. The zero-order valence-corrected chi connectivity index (χ0v) is 11.3. The Balaban J connectivity index is 2.33. The average molecular weight is 268 g/mol. The Morgan fingerprint density at radius 2 is 2.17 bits per heavy atom. The summed E-state index contributed by atoms with van der Waals surface area (Å²) in [6.07, 6.45) is 3.11. The summed E-state index contributed by atoms with van der Waals surface area (Å²) in [7, 11) is -1.84. The van der Waals surface area contributed by atoms with Gasteiger partial charge in [0.25, 0.3) is 0 Å². The molecule has 1 aromatic heterocycles. The minimum atomic E-state index is -3.44. The molecule has 0 amide bonds. The molecule has 0 bridgehead atoms. The van der Waals surface area contributed by atoms with Gasteiger partial charge < -0.3 is 4.42 Å². The molecule has 0 saturated heterocycles. The van der Waals surface area contributed by atoms with E-state index in [2.05, 4.69) is 4.98 Å². The number of hydrogen-bond acceptors (Lipinski definition) is 4. The Morgan fingerprint density at radius 1 is 1.39 bits per heavy atom. The Bertz CT molecular complexity index is 634. The van der Waals surface area contributed by atoms with Gasteiger partial charge >= 0.3 is 0 Å². The summed E-state index contributed by atoms with van der Waals surface area (Å²) >= 11 is 0. The van der Waals surface area contributed by atoms with Gasteiger partial charge in [-0.3, -0.25) is 0 Å². The van der Waals surface area contributed by atoms with Crippen LogP contribution >= 0.6 is 0 Å². The van der Waals surface area contributed by atoms with E-state index in [1.165, 1.54) is 16.8 Å². The Morgan fingerprint density at radius 3 is 2.89 bits per heavy atom. The molecule has 0 spiro atoms. The van der Waals surface area contributed by atoms with Crippen molar-refractivity contribution in [1.82, 2.24) is 9.29 Å². The van der Waals surface area contributed by atoms with Crippen LogP contribution in [0, 0.1) is 0 Å². The van der Waals surface area contributed by atoms with Crippen molar-refractivity contribution in [2.75, 3.05) is 13.6 Å². The van der Waals surface area contributed by atoms with Crippen molar-refractivity contribution >= 4 is 21.1 Å². The quantitative estimate of drug-likeness (QED) is 0.834. The van der Waals surface area contributed by atoms with E-state index in [9.17, 15) is 8.42 Å². The van der Waals surface area contributed by atoms with Crippen molar-refractivity contribution in [3.63, 3.8) is 0 Å². The SMILES string of the molecule is CCCCN(C)S(=O)(=O)c1ccc2ncoc2c1. The van der Waals surface area contributed by atoms with Crippen LogP contribution in [0.25, 0.3) is 11.1 Å². The summed E-state index contributed by atoms with van der Waals surface area (Å²) in [6.45, 7) is 2.55. The molecule has 5 nitrogen and oxygen atoms in total. The van der Waals surface area contributed by atoms with Gasteiger partial charge in [-0.05, 0) is 18.6 Å². The third kappa shape index (κ3) is 2.39. The molecule has 0 aliphatic carbocycles. The maximum Gasteiger partial charge on any atom is 0.242 e. The topological polar surface area (TPSA) is 63.4 Å². The molecule has 0 N–H and O–H groups in total. The highest BCUT2D eigenvalue weighted by molar-refractivity contribution is 7.89. The number of aromatic nitrogens is 1. The monoisotopic (exact) mass is 268 g/mol. The second-order valence-electron chi connectivity index (χ2n) is 4.16. The highest BCUT2D eigenvalue weighted by atomic mass is 32.2. The van der Waals surface area contributed by atoms with Gasteiger partial charge in [-0.1, -0.05) is 13.3 Å². The molecule has 0 unspecified atom stereocenters. The first-order chi connectivity index (χ1) is 8.55. The van der Waals surface area contributed by atoms with E-state index in [0.29, 0.717) is 17.6 Å². The fourth-order valence-corrected chi connectivity index (χ4v) is 2.90. The second kappa shape index (κ2) is 5.07. The van der Waals surface area contributed by atoms with Gasteiger partial charge in [0, 0.05) is 19.7 Å². The van der Waals surface area contributed by atoms with Crippen molar-refractivity contribution in [2.45, 2.75) is 24.7 Å². The normalized spacial score (nSPS) is 12.4. The molecular weight excluding hydrogens is 252 g/mol. The molecule has 0 radical (unpaired) electrons. The van der Waals surface area contributed by atoms with Gasteiger partial charge in [0.1, 0.15) is 5.52 Å². The van der Waals surface area contributed by atoms with Crippen LogP contribution in [0.1, 0.15) is 19.8 Å². The van der Waals surface area contributed by atoms with Crippen LogP contribution in [0.3, 0.4) is 0 Å². The average Bonchev–Trinajstić information content (AvgIpc) is 2.82. The first kappa shape index (κ1) is 13.0. The standard InChI is InChI=1S/C12H16N2O3S/c1-3-4-7-14(2)18(15,16)10-5-6-11-12(8-10)17-9-13-11/h5-6,8-9H,3-4,7H2,1-2H3. The molecule has 1 aromatic carbocycles. The summed E-state index contributed by atoms with van der Waals surface area (Å²) in [4.78, 5) is 4.20. The van der Waals surface area contributed by atoms with Gasteiger partial charge in [0.05, 0.1) is 4.90 Å². The van der Waals surface area contributed by atoms with E-state index in [1.54, 1.807) is 19.2 Å². The van der Waals surface area contributed by atoms with Gasteiger partial charge in [-0.2, -0.15) is 0 Å². The van der Waals surface area contributed by atoms with Crippen LogP contribution in [0.5, 0.6) is 0 Å². The third-order valence-corrected chi connectivity index (χ3v) is 4.69. The number of fused-ring (bicyclic) bond motifs is 1. The van der Waals surface area contributed by atoms with E-state index in [-0.39, 0.29) is 4.90 Å². The van der Waals surface area contributed by atoms with Crippen LogP contribution in [0.4, 0.5) is 0 Å². The lowest BCUT2D eigenvalue weighted by molar-refractivity contribution is 0.459. The number of nitrogens with zero attached hydrogens (tertiary/aromatic N) is 2. The molecule has 2 rings (SSSR count). The highest BCUT2D eigenvalue weighted by Gasteiger charge is 2.20. The molecule has 0 saturated carbocycles. The Kier molecular flexibility index (Phi) is 3.68. The van der Waals surface area contributed by atoms with Crippen LogP contribution in [0.2, 0.25) is 0 Å². The molecule has 18 heavy (non-hydrogen) atoms. The largest absolute Gasteiger partial charge is 0.443 e. The molecule has 0 aliphatic heterocycles. The molecule has 1 heterocycles. The van der Waals surface area contributed by atoms with Gasteiger partial charge in [-0.15, -0.1) is 0 Å². The van der Waals surface area contributed by atoms with E-state index in [1.807, 2.05) is 6.92 Å². The van der Waals surface area contributed by atoms with Crippen molar-refractivity contribution in [3.05, 3.63) is 24.6 Å². The summed E-state index contributed by atoms with van der Waals surface area (Å²) in [5.41, 5.74) is 1.14. The number of oxazole rings is 1. The van der Waals surface area contributed by atoms with Gasteiger partial charge in [0.2, 0.25) is 10.0 Å². The highest BCUT2D eigenvalue weighted by Crippen LogP contribution is 2.20. The van der Waals surface area contributed by atoms with Crippen molar-refractivity contribution in [3.8, 4) is 0 Å². The predicted molar refractivity (Wildman–Crippen MR) is 68.7 cm³/mol. The predicted octanol–water partition coefficient (Wildman–Crippen LogP) is 2.25. The van der Waals surface area contributed by atoms with E-state index in [0.717, 1.165) is 12.8 Å². The van der Waals surface area contributed by atoms with Crippen molar-refractivity contribution < 1.29 is 12.8 Å². The van der Waals surface area contributed by atoms with Crippen molar-refractivity contribution in [1.29, 1.82) is 0 Å². The molecule has 98 valence electrons. The number of hydrogen-bond donors (Lipinski definition) is 0. The molecule has 0 fully saturated rings. The summed E-state index contributed by atoms with van der Waals surface area (Å²) in [5.74, 6) is 0. The lowest BCUT2D eigenvalue weighted by Gasteiger charge is -2.16. The second-order valence-corrected chi connectivity index (χ2v) is 6.21. The maximum atomic E-state index is 12.3. The Hall–Kier alpha value is -1.40. The zero-order valence-electron chi connectivity index (χ0n) is 10.5. The fourth-order valence-electron chi connectivity index (χ4n) is 1.68. The minimum absolute atomic E-state index is 0.241. The van der Waals surface area contributed by atoms with Crippen LogP contribution in [-0.4, -0.2) is 31.3 Å². The number of rotatable bonds is 5. The molecule has 6 heteroatoms. The lowest BCUT2D eigenvalue weighted by Crippen LogP contribution is -2.27. The Labute approximate surface area is 106 Å². The number of sulfonamides is 1. The maximum absolute atomic E-state index is 12.3. The van der Waals surface area contributed by atoms with Crippen LogP contribution in [-0.2, 0) is 10.0 Å². The number of benzene rings is 1. The van der Waals surface area contributed by atoms with Gasteiger partial charge in [-0.25, -0.2) is 17.7 Å². The summed E-state index contributed by atoms with van der Waals surface area (Å²) < 4.78 is 31.0. The summed E-state index contributed by atoms with van der Waals surface area (Å²) in [5, 5.41) is 0. The molecule has 0 aliphatic rings. The molecule has 0 atom stereocenters. The van der Waals surface area contributed by atoms with E-state index >= 15 is 0 Å². The number of unbranched alkanes of at least 4 members (excludes halogenated alkanes) is 1. The van der Waals surface area contributed by atoms with Gasteiger partial charge in [0.15, 0.2) is 12.0 Å². The zero-order chi connectivity index (χ0) is 13.2. The third-order valence-electron chi connectivity index (χ3n) is 2.84. The molecule has 2 aromatic rings. The van der Waals surface area contributed by atoms with E-state index in [4.69, 9.17) is 4.42 Å². The lowest BCUT2D eigenvalue weighted by atomic mass is 10.3. The van der Waals surface area contributed by atoms with Crippen LogP contribution in [0.15, 0.2) is 33.9 Å². The fraction of sp³-hybridized carbons (Fsp3) is 0.417. The van der Waals surface area contributed by atoms with Crippen LogP contribution < -0.4 is 0 Å². The van der Waals surface area contributed by atoms with Crippen molar-refractivity contribution in [2.24, 2.45) is 0 Å². The minimum Gasteiger partial charge on any atom is -0.443 e. The summed E-state index contributed by atoms with van der Waals surface area (Å²) in [6, 6.07) is 4.72.